The summed E-state index contributed by atoms with van der Waals surface area (Å²) >= 11 is 0. The first-order valence-electron chi connectivity index (χ1n) is 5.43. The maximum Gasteiger partial charge on any atom is 0.330 e. The van der Waals surface area contributed by atoms with E-state index in [0.717, 1.165) is 6.08 Å². The molecule has 100 valence electrons. The van der Waals surface area contributed by atoms with Crippen LogP contribution in [0.3, 0.4) is 0 Å². The molecule has 2 N–H and O–H groups in total. The molecule has 1 aromatic rings. The Hall–Kier alpha value is -2.70. The maximum atomic E-state index is 11.4. The summed E-state index contributed by atoms with van der Waals surface area (Å²) < 4.78 is 4.66. The number of hydrogen-bond acceptors (Lipinski definition) is 5. The molecular formula is C12H13N3O4. The van der Waals surface area contributed by atoms with Gasteiger partial charge in [-0.15, -0.1) is 0 Å². The van der Waals surface area contributed by atoms with E-state index in [-0.39, 0.29) is 18.8 Å². The largest absolute Gasteiger partial charge is 0.461 e. The molecule has 0 aliphatic carbocycles. The number of carbonyl (C=O) groups excluding carboxylic acids is 2. The van der Waals surface area contributed by atoms with Crippen LogP contribution in [0.4, 0.5) is 10.5 Å². The van der Waals surface area contributed by atoms with Gasteiger partial charge in [0.05, 0.1) is 6.54 Å². The Morgan fingerprint density at radius 2 is 2.21 bits per heavy atom. The average Bonchev–Trinajstić information content (AvgIpc) is 2.60. The van der Waals surface area contributed by atoms with E-state index in [4.69, 9.17) is 0 Å². The van der Waals surface area contributed by atoms with E-state index >= 15 is 0 Å². The van der Waals surface area contributed by atoms with E-state index in [2.05, 4.69) is 26.9 Å². The summed E-state index contributed by atoms with van der Waals surface area (Å²) in [5, 5.41) is 4.77. The van der Waals surface area contributed by atoms with Gasteiger partial charge in [-0.2, -0.15) is 0 Å². The van der Waals surface area contributed by atoms with Crippen LogP contribution in [-0.4, -0.2) is 30.1 Å². The van der Waals surface area contributed by atoms with E-state index in [9.17, 15) is 14.4 Å². The zero-order chi connectivity index (χ0) is 14.1. The Balaban J connectivity index is 2.40. The van der Waals surface area contributed by atoms with Gasteiger partial charge in [-0.05, 0) is 12.1 Å². The third-order valence-corrected chi connectivity index (χ3v) is 1.93. The Kier molecular flexibility index (Phi) is 5.74. The van der Waals surface area contributed by atoms with Crippen LogP contribution in [0, 0.1) is 0 Å². The summed E-state index contributed by atoms with van der Waals surface area (Å²) in [6, 6.07) is 4.00. The van der Waals surface area contributed by atoms with Crippen molar-refractivity contribution in [2.75, 3.05) is 18.5 Å². The molecule has 0 bridgehead atoms. The van der Waals surface area contributed by atoms with Crippen LogP contribution in [-0.2, 0) is 9.53 Å². The van der Waals surface area contributed by atoms with Crippen molar-refractivity contribution in [3.05, 3.63) is 47.4 Å². The molecule has 19 heavy (non-hydrogen) atoms. The summed E-state index contributed by atoms with van der Waals surface area (Å²) in [6.45, 7) is 3.36. The van der Waals surface area contributed by atoms with Gasteiger partial charge in [-0.3, -0.25) is 4.79 Å². The molecule has 0 atom stereocenters. The Labute approximate surface area is 109 Å². The molecule has 7 nitrogen and oxygen atoms in total. The van der Waals surface area contributed by atoms with Crippen LogP contribution in [0.1, 0.15) is 0 Å². The molecule has 0 fully saturated rings. The van der Waals surface area contributed by atoms with Gasteiger partial charge in [-0.1, -0.05) is 12.6 Å². The lowest BCUT2D eigenvalue weighted by atomic mass is 10.4. The highest BCUT2D eigenvalue weighted by Gasteiger charge is 2.04. The smallest absolute Gasteiger partial charge is 0.330 e. The molecule has 0 aliphatic rings. The van der Waals surface area contributed by atoms with E-state index in [1.54, 1.807) is 12.1 Å². The molecule has 1 heterocycles. The SMILES string of the molecule is C=CC(=O)OCCNC(=O)Nc1ccccnc1=O. The van der Waals surface area contributed by atoms with Crippen LogP contribution in [0.5, 0.6) is 0 Å². The van der Waals surface area contributed by atoms with Gasteiger partial charge in [-0.25, -0.2) is 14.6 Å². The maximum absolute atomic E-state index is 11.4. The summed E-state index contributed by atoms with van der Waals surface area (Å²) in [5.41, 5.74) is -0.483. The van der Waals surface area contributed by atoms with Crippen molar-refractivity contribution in [2.45, 2.75) is 0 Å². The van der Waals surface area contributed by atoms with Gasteiger partial charge in [0.15, 0.2) is 0 Å². The highest BCUT2D eigenvalue weighted by Crippen LogP contribution is 1.94. The number of hydrogen-bond donors (Lipinski definition) is 2. The summed E-state index contributed by atoms with van der Waals surface area (Å²) in [4.78, 5) is 37.1. The lowest BCUT2D eigenvalue weighted by Crippen LogP contribution is -2.33. The van der Waals surface area contributed by atoms with Gasteiger partial charge < -0.3 is 15.4 Å². The van der Waals surface area contributed by atoms with Crippen molar-refractivity contribution < 1.29 is 14.3 Å². The van der Waals surface area contributed by atoms with Crippen LogP contribution in [0.25, 0.3) is 0 Å². The summed E-state index contributed by atoms with van der Waals surface area (Å²) in [5.74, 6) is -0.566. The zero-order valence-corrected chi connectivity index (χ0v) is 10.1. The topological polar surface area (TPSA) is 97.4 Å². The number of rotatable bonds is 5. The van der Waals surface area contributed by atoms with Crippen LogP contribution in [0.2, 0.25) is 0 Å². The summed E-state index contributed by atoms with van der Waals surface area (Å²) in [7, 11) is 0. The first kappa shape index (κ1) is 14.4. The fraction of sp³-hybridized carbons (Fsp3) is 0.167. The molecule has 1 aromatic heterocycles. The van der Waals surface area contributed by atoms with Gasteiger partial charge in [0.2, 0.25) is 0 Å². The fourth-order valence-corrected chi connectivity index (χ4v) is 1.09. The zero-order valence-electron chi connectivity index (χ0n) is 10.1. The number of anilines is 1. The fourth-order valence-electron chi connectivity index (χ4n) is 1.09. The molecule has 0 aromatic carbocycles. The number of amides is 2. The number of nitrogens with one attached hydrogen (secondary N) is 2. The minimum atomic E-state index is -0.584. The summed E-state index contributed by atoms with van der Waals surface area (Å²) in [6.07, 6.45) is 2.36. The van der Waals surface area contributed by atoms with E-state index in [1.807, 2.05) is 0 Å². The van der Waals surface area contributed by atoms with Crippen LogP contribution in [0.15, 0.2) is 41.8 Å². The van der Waals surface area contributed by atoms with Gasteiger partial charge in [0.1, 0.15) is 12.3 Å². The minimum Gasteiger partial charge on any atom is -0.461 e. The van der Waals surface area contributed by atoms with Crippen molar-refractivity contribution in [1.29, 1.82) is 0 Å². The van der Waals surface area contributed by atoms with Crippen molar-refractivity contribution in [3.8, 4) is 0 Å². The Morgan fingerprint density at radius 1 is 1.42 bits per heavy atom. The molecule has 0 spiro atoms. The monoisotopic (exact) mass is 263 g/mol. The predicted octanol–water partition coefficient (Wildman–Crippen LogP) is 0.293. The number of esters is 1. The molecule has 0 radical (unpaired) electrons. The molecule has 0 aliphatic heterocycles. The van der Waals surface area contributed by atoms with E-state index in [0.29, 0.717) is 0 Å². The number of carbonyl (C=O) groups is 2. The van der Waals surface area contributed by atoms with Crippen molar-refractivity contribution in [1.82, 2.24) is 10.3 Å². The standard InChI is InChI=1S/C12H13N3O4/c1-2-10(16)19-8-7-14-12(18)15-9-5-3-4-6-13-11(9)17/h2-6H,1,7-8H2,(H2,13,14,15,17,18). The van der Waals surface area contributed by atoms with E-state index in [1.165, 1.54) is 12.3 Å². The van der Waals surface area contributed by atoms with Gasteiger partial charge >= 0.3 is 12.0 Å². The Bertz CT molecular complexity index is 530. The highest BCUT2D eigenvalue weighted by molar-refractivity contribution is 5.88. The first-order chi connectivity index (χ1) is 9.13. The van der Waals surface area contributed by atoms with E-state index < -0.39 is 17.6 Å². The van der Waals surface area contributed by atoms with Crippen molar-refractivity contribution >= 4 is 17.7 Å². The third-order valence-electron chi connectivity index (χ3n) is 1.93. The minimum absolute atomic E-state index is 0.0172. The molecule has 0 saturated heterocycles. The normalized spacial score (nSPS) is 9.26. The number of ether oxygens (including phenoxy) is 1. The van der Waals surface area contributed by atoms with Crippen LogP contribution < -0.4 is 16.2 Å². The molecule has 0 saturated carbocycles. The number of aromatic nitrogens is 1. The second kappa shape index (κ2) is 7.59. The molecule has 7 heteroatoms. The molecular weight excluding hydrogens is 250 g/mol. The van der Waals surface area contributed by atoms with Gasteiger partial charge in [0.25, 0.3) is 5.56 Å². The molecule has 0 unspecified atom stereocenters. The van der Waals surface area contributed by atoms with Crippen molar-refractivity contribution in [2.24, 2.45) is 0 Å². The first-order valence-corrected chi connectivity index (χ1v) is 5.43. The van der Waals surface area contributed by atoms with Crippen molar-refractivity contribution in [3.63, 3.8) is 0 Å². The lowest BCUT2D eigenvalue weighted by Gasteiger charge is -2.05. The predicted molar refractivity (Wildman–Crippen MR) is 68.7 cm³/mol. The Morgan fingerprint density at radius 3 is 2.95 bits per heavy atom. The number of urea groups is 1. The highest BCUT2D eigenvalue weighted by atomic mass is 16.5. The van der Waals surface area contributed by atoms with Crippen LogP contribution >= 0.6 is 0 Å². The molecule has 1 rings (SSSR count). The lowest BCUT2D eigenvalue weighted by molar-refractivity contribution is -0.137. The quantitative estimate of drug-likeness (QED) is 0.452. The van der Waals surface area contributed by atoms with Gasteiger partial charge in [0, 0.05) is 12.3 Å². The second-order valence-corrected chi connectivity index (χ2v) is 3.30. The number of nitrogens with zero attached hydrogens (tertiary/aromatic N) is 1. The average molecular weight is 263 g/mol. The third kappa shape index (κ3) is 5.44. The second-order valence-electron chi connectivity index (χ2n) is 3.30. The molecule has 2 amide bonds.